The van der Waals surface area contributed by atoms with Gasteiger partial charge < -0.3 is 4.74 Å². The maximum absolute atomic E-state index is 12.7. The molecule has 3 heteroatoms. The van der Waals surface area contributed by atoms with Crippen LogP contribution in [0.3, 0.4) is 0 Å². The number of nitrogens with zero attached hydrogens (tertiary/aromatic N) is 1. The van der Waals surface area contributed by atoms with Crippen LogP contribution in [0.15, 0.2) is 36.9 Å². The van der Waals surface area contributed by atoms with Crippen LogP contribution in [0.1, 0.15) is 33.3 Å². The second kappa shape index (κ2) is 8.74. The summed E-state index contributed by atoms with van der Waals surface area (Å²) in [6, 6.07) is 8.13. The lowest BCUT2D eigenvalue weighted by molar-refractivity contribution is -0.127. The Morgan fingerprint density at radius 2 is 1.82 bits per heavy atom. The summed E-state index contributed by atoms with van der Waals surface area (Å²) in [5.41, 5.74) is 1.15. The summed E-state index contributed by atoms with van der Waals surface area (Å²) in [5, 5.41) is 0. The Bertz CT molecular complexity index is 477. The van der Waals surface area contributed by atoms with Gasteiger partial charge in [-0.05, 0) is 38.0 Å². The van der Waals surface area contributed by atoms with Crippen molar-refractivity contribution in [2.75, 3.05) is 13.7 Å². The molecule has 0 unspecified atom stereocenters. The molecule has 1 aromatic rings. The Hall–Kier alpha value is -1.61. The Morgan fingerprint density at radius 1 is 1.23 bits per heavy atom. The zero-order chi connectivity index (χ0) is 16.7. The molecule has 0 radical (unpaired) electrons. The van der Waals surface area contributed by atoms with Crippen LogP contribution in [-0.4, -0.2) is 36.4 Å². The maximum atomic E-state index is 12.7. The first-order chi connectivity index (χ1) is 10.4. The molecule has 3 nitrogen and oxygen atoms in total. The molecule has 0 saturated heterocycles. The molecule has 0 aliphatic rings. The van der Waals surface area contributed by atoms with Crippen molar-refractivity contribution in [1.82, 2.24) is 4.90 Å². The molecular formula is C19H29NO2. The predicted octanol–water partition coefficient (Wildman–Crippen LogP) is 3.73. The predicted molar refractivity (Wildman–Crippen MR) is 92.4 cm³/mol. The first-order valence-corrected chi connectivity index (χ1v) is 7.94. The fraction of sp³-hybridized carbons (Fsp3) is 0.526. The number of rotatable bonds is 9. The van der Waals surface area contributed by atoms with E-state index < -0.39 is 0 Å². The van der Waals surface area contributed by atoms with E-state index in [-0.39, 0.29) is 17.7 Å². The summed E-state index contributed by atoms with van der Waals surface area (Å²) in [7, 11) is 1.66. The van der Waals surface area contributed by atoms with Gasteiger partial charge in [0.05, 0.1) is 13.2 Å². The number of benzene rings is 1. The highest BCUT2D eigenvalue weighted by atomic mass is 16.5. The van der Waals surface area contributed by atoms with Gasteiger partial charge in [0.25, 0.3) is 0 Å². The van der Waals surface area contributed by atoms with E-state index in [0.717, 1.165) is 17.9 Å². The summed E-state index contributed by atoms with van der Waals surface area (Å²) >= 11 is 0. The summed E-state index contributed by atoms with van der Waals surface area (Å²) < 4.78 is 5.19. The zero-order valence-corrected chi connectivity index (χ0v) is 14.5. The number of Topliss-reactive ketones (excluding diaryl/α,β-unsaturated/α-hetero) is 1. The van der Waals surface area contributed by atoms with Crippen molar-refractivity contribution >= 4 is 5.78 Å². The standard InChI is InChI=1S/C19H29NO2/c1-7-12-20(15(4)5)18(19(21)14(2)3)13-16-8-10-17(22-6)11-9-16/h7-11,14-15,18H,1,12-13H2,2-6H3/t18-/m0/s1. The van der Waals surface area contributed by atoms with Crippen LogP contribution in [0.4, 0.5) is 0 Å². The number of methoxy groups -OCH3 is 1. The number of carbonyl (C=O) groups excluding carboxylic acids is 1. The van der Waals surface area contributed by atoms with E-state index in [2.05, 4.69) is 25.3 Å². The average molecular weight is 303 g/mol. The van der Waals surface area contributed by atoms with Gasteiger partial charge in [-0.25, -0.2) is 0 Å². The molecule has 0 aromatic heterocycles. The molecule has 1 aromatic carbocycles. The number of ketones is 1. The van der Waals surface area contributed by atoms with Gasteiger partial charge in [-0.2, -0.15) is 0 Å². The van der Waals surface area contributed by atoms with Crippen molar-refractivity contribution in [2.45, 2.75) is 46.2 Å². The molecule has 0 amide bonds. The lowest BCUT2D eigenvalue weighted by Gasteiger charge is -2.34. The molecule has 22 heavy (non-hydrogen) atoms. The van der Waals surface area contributed by atoms with Gasteiger partial charge in [-0.1, -0.05) is 32.1 Å². The van der Waals surface area contributed by atoms with E-state index in [9.17, 15) is 4.79 Å². The number of ether oxygens (including phenoxy) is 1. The van der Waals surface area contributed by atoms with Gasteiger partial charge in [0, 0.05) is 18.5 Å². The molecule has 122 valence electrons. The van der Waals surface area contributed by atoms with E-state index in [4.69, 9.17) is 4.74 Å². The SMILES string of the molecule is C=CCN(C(C)C)[C@@H](Cc1ccc(OC)cc1)C(=O)C(C)C. The van der Waals surface area contributed by atoms with E-state index >= 15 is 0 Å². The van der Waals surface area contributed by atoms with Crippen LogP contribution in [0.2, 0.25) is 0 Å². The Kier molecular flexibility index (Phi) is 7.33. The van der Waals surface area contributed by atoms with Gasteiger partial charge in [-0.3, -0.25) is 9.69 Å². The van der Waals surface area contributed by atoms with Crippen molar-refractivity contribution in [3.63, 3.8) is 0 Å². The highest BCUT2D eigenvalue weighted by Crippen LogP contribution is 2.19. The quantitative estimate of drug-likeness (QED) is 0.651. The van der Waals surface area contributed by atoms with Crippen LogP contribution in [0.5, 0.6) is 5.75 Å². The lowest BCUT2D eigenvalue weighted by Crippen LogP contribution is -2.48. The third kappa shape index (κ3) is 4.99. The molecule has 0 N–H and O–H groups in total. The molecule has 1 rings (SSSR count). The summed E-state index contributed by atoms with van der Waals surface area (Å²) in [5.74, 6) is 1.14. The van der Waals surface area contributed by atoms with Gasteiger partial charge in [0.15, 0.2) is 5.78 Å². The third-order valence-corrected chi connectivity index (χ3v) is 3.89. The second-order valence-corrected chi connectivity index (χ2v) is 6.20. The Balaban J connectivity index is 3.02. The van der Waals surface area contributed by atoms with Gasteiger partial charge in [0.1, 0.15) is 5.75 Å². The minimum atomic E-state index is -0.119. The highest BCUT2D eigenvalue weighted by molar-refractivity contribution is 5.86. The normalized spacial score (nSPS) is 12.7. The van der Waals surface area contributed by atoms with Crippen LogP contribution in [0.25, 0.3) is 0 Å². The first-order valence-electron chi connectivity index (χ1n) is 7.94. The zero-order valence-electron chi connectivity index (χ0n) is 14.5. The van der Waals surface area contributed by atoms with Crippen molar-refractivity contribution < 1.29 is 9.53 Å². The largest absolute Gasteiger partial charge is 0.497 e. The van der Waals surface area contributed by atoms with Gasteiger partial charge >= 0.3 is 0 Å². The van der Waals surface area contributed by atoms with Crippen molar-refractivity contribution in [1.29, 1.82) is 0 Å². The number of hydrogen-bond donors (Lipinski definition) is 0. The monoisotopic (exact) mass is 303 g/mol. The molecule has 0 spiro atoms. The molecule has 0 aliphatic carbocycles. The Labute approximate surface area is 135 Å². The summed E-state index contributed by atoms with van der Waals surface area (Å²) in [6.07, 6.45) is 2.58. The average Bonchev–Trinajstić information content (AvgIpc) is 2.50. The summed E-state index contributed by atoms with van der Waals surface area (Å²) in [6.45, 7) is 12.7. The smallest absolute Gasteiger partial charge is 0.152 e. The van der Waals surface area contributed by atoms with Crippen LogP contribution >= 0.6 is 0 Å². The number of hydrogen-bond acceptors (Lipinski definition) is 3. The summed E-state index contributed by atoms with van der Waals surface area (Å²) in [4.78, 5) is 14.9. The third-order valence-electron chi connectivity index (χ3n) is 3.89. The first kappa shape index (κ1) is 18.4. The molecule has 0 bridgehead atoms. The molecule has 0 fully saturated rings. The molecule has 1 atom stereocenters. The van der Waals surface area contributed by atoms with E-state index in [0.29, 0.717) is 12.5 Å². The minimum absolute atomic E-state index is 0.0225. The Morgan fingerprint density at radius 3 is 2.23 bits per heavy atom. The van der Waals surface area contributed by atoms with E-state index in [1.165, 1.54) is 0 Å². The fourth-order valence-electron chi connectivity index (χ4n) is 2.60. The van der Waals surface area contributed by atoms with Crippen LogP contribution in [-0.2, 0) is 11.2 Å². The van der Waals surface area contributed by atoms with E-state index in [1.807, 2.05) is 44.2 Å². The van der Waals surface area contributed by atoms with Gasteiger partial charge in [-0.15, -0.1) is 6.58 Å². The fourth-order valence-corrected chi connectivity index (χ4v) is 2.60. The molecule has 0 heterocycles. The minimum Gasteiger partial charge on any atom is -0.497 e. The van der Waals surface area contributed by atoms with Crippen molar-refractivity contribution in [3.8, 4) is 5.75 Å². The maximum Gasteiger partial charge on any atom is 0.152 e. The molecule has 0 saturated carbocycles. The van der Waals surface area contributed by atoms with E-state index in [1.54, 1.807) is 7.11 Å². The van der Waals surface area contributed by atoms with Crippen LogP contribution in [0, 0.1) is 5.92 Å². The van der Waals surface area contributed by atoms with Crippen molar-refractivity contribution in [3.05, 3.63) is 42.5 Å². The van der Waals surface area contributed by atoms with Crippen molar-refractivity contribution in [2.24, 2.45) is 5.92 Å². The highest BCUT2D eigenvalue weighted by Gasteiger charge is 2.28. The van der Waals surface area contributed by atoms with Crippen LogP contribution < -0.4 is 4.74 Å². The molecular weight excluding hydrogens is 274 g/mol. The van der Waals surface area contributed by atoms with Gasteiger partial charge in [0.2, 0.25) is 0 Å². The number of carbonyl (C=O) groups is 1. The topological polar surface area (TPSA) is 29.5 Å². The second-order valence-electron chi connectivity index (χ2n) is 6.20. The lowest BCUT2D eigenvalue weighted by atomic mass is 9.93. The molecule has 0 aliphatic heterocycles.